The molecule has 0 aliphatic carbocycles. The third kappa shape index (κ3) is 2.01. The summed E-state index contributed by atoms with van der Waals surface area (Å²) in [6.07, 6.45) is 1.66. The molecule has 0 aliphatic heterocycles. The number of hydrogen-bond acceptors (Lipinski definition) is 3. The summed E-state index contributed by atoms with van der Waals surface area (Å²) in [5.74, 6) is 0. The Hall–Kier alpha value is -1.58. The molecule has 0 bridgehead atoms. The second-order valence-corrected chi connectivity index (χ2v) is 3.82. The molecule has 0 unspecified atom stereocenters. The number of nitrogens with two attached hydrogens (primary N) is 2. The van der Waals surface area contributed by atoms with Crippen LogP contribution in [0.1, 0.15) is 5.56 Å². The van der Waals surface area contributed by atoms with Gasteiger partial charge in [0.05, 0.1) is 0 Å². The molecule has 0 radical (unpaired) electrons. The van der Waals surface area contributed by atoms with E-state index in [2.05, 4.69) is 4.98 Å². The maximum absolute atomic E-state index is 6.01. The summed E-state index contributed by atoms with van der Waals surface area (Å²) in [5.41, 5.74) is 14.9. The van der Waals surface area contributed by atoms with Gasteiger partial charge >= 0.3 is 0 Å². The average molecular weight is 234 g/mol. The summed E-state index contributed by atoms with van der Waals surface area (Å²) in [7, 11) is 0. The molecule has 2 aromatic rings. The summed E-state index contributed by atoms with van der Waals surface area (Å²) in [4.78, 5) is 4.03. The number of halogens is 1. The first-order valence-electron chi connectivity index (χ1n) is 4.91. The van der Waals surface area contributed by atoms with Crippen LogP contribution in [0.25, 0.3) is 11.1 Å². The van der Waals surface area contributed by atoms with Crippen LogP contribution >= 0.6 is 11.6 Å². The molecular weight excluding hydrogens is 222 g/mol. The Bertz CT molecular complexity index is 511. The van der Waals surface area contributed by atoms with E-state index < -0.39 is 0 Å². The number of nitrogens with zero attached hydrogens (tertiary/aromatic N) is 1. The van der Waals surface area contributed by atoms with Crippen LogP contribution in [0.3, 0.4) is 0 Å². The molecule has 0 saturated heterocycles. The summed E-state index contributed by atoms with van der Waals surface area (Å²) < 4.78 is 0. The molecule has 0 spiro atoms. The van der Waals surface area contributed by atoms with Crippen LogP contribution in [0.15, 0.2) is 36.5 Å². The second kappa shape index (κ2) is 4.51. The Labute approximate surface area is 99.1 Å². The van der Waals surface area contributed by atoms with E-state index in [1.165, 1.54) is 0 Å². The van der Waals surface area contributed by atoms with Gasteiger partial charge in [-0.15, -0.1) is 0 Å². The zero-order valence-corrected chi connectivity index (χ0v) is 9.41. The van der Waals surface area contributed by atoms with Gasteiger partial charge in [-0.1, -0.05) is 23.7 Å². The van der Waals surface area contributed by atoms with Gasteiger partial charge in [-0.05, 0) is 29.3 Å². The highest BCUT2D eigenvalue weighted by atomic mass is 35.5. The van der Waals surface area contributed by atoms with E-state index >= 15 is 0 Å². The lowest BCUT2D eigenvalue weighted by Gasteiger charge is -2.07. The van der Waals surface area contributed by atoms with E-state index in [1.807, 2.05) is 30.3 Å². The van der Waals surface area contributed by atoms with Crippen molar-refractivity contribution in [2.24, 2.45) is 5.73 Å². The average Bonchev–Trinajstić information content (AvgIpc) is 2.29. The van der Waals surface area contributed by atoms with Gasteiger partial charge in [0.15, 0.2) is 0 Å². The van der Waals surface area contributed by atoms with Crippen molar-refractivity contribution in [1.82, 2.24) is 4.98 Å². The van der Waals surface area contributed by atoms with E-state index in [-0.39, 0.29) is 0 Å². The van der Waals surface area contributed by atoms with Crippen molar-refractivity contribution in [3.05, 3.63) is 47.2 Å². The van der Waals surface area contributed by atoms with Crippen LogP contribution in [-0.4, -0.2) is 4.98 Å². The van der Waals surface area contributed by atoms with Gasteiger partial charge in [-0.2, -0.15) is 0 Å². The maximum Gasteiger partial charge on any atom is 0.136 e. The minimum Gasteiger partial charge on any atom is -0.398 e. The first-order chi connectivity index (χ1) is 7.72. The highest BCUT2D eigenvalue weighted by molar-refractivity contribution is 6.32. The van der Waals surface area contributed by atoms with Gasteiger partial charge in [0.25, 0.3) is 0 Å². The van der Waals surface area contributed by atoms with Crippen molar-refractivity contribution in [1.29, 1.82) is 0 Å². The number of nitrogen functional groups attached to an aromatic ring is 1. The van der Waals surface area contributed by atoms with Gasteiger partial charge < -0.3 is 11.5 Å². The Morgan fingerprint density at radius 1 is 1.25 bits per heavy atom. The highest BCUT2D eigenvalue weighted by Crippen LogP contribution is 2.28. The van der Waals surface area contributed by atoms with Gasteiger partial charge in [0.2, 0.25) is 0 Å². The Morgan fingerprint density at radius 2 is 2.06 bits per heavy atom. The molecule has 2 rings (SSSR count). The van der Waals surface area contributed by atoms with E-state index in [1.54, 1.807) is 6.20 Å². The molecule has 0 fully saturated rings. The monoisotopic (exact) mass is 233 g/mol. The number of anilines is 1. The highest BCUT2D eigenvalue weighted by Gasteiger charge is 2.05. The molecular formula is C12H12ClN3. The molecule has 1 aromatic heterocycles. The van der Waals surface area contributed by atoms with Crippen LogP contribution in [0.2, 0.25) is 5.15 Å². The lowest BCUT2D eigenvalue weighted by atomic mass is 10.0. The third-order valence-corrected chi connectivity index (χ3v) is 2.74. The molecule has 1 heterocycles. The van der Waals surface area contributed by atoms with Gasteiger partial charge in [0.1, 0.15) is 5.15 Å². The van der Waals surface area contributed by atoms with Gasteiger partial charge in [0, 0.05) is 24.0 Å². The van der Waals surface area contributed by atoms with Crippen molar-refractivity contribution in [3.63, 3.8) is 0 Å². The van der Waals surface area contributed by atoms with Gasteiger partial charge in [-0.3, -0.25) is 0 Å². The molecule has 0 aliphatic rings. The van der Waals surface area contributed by atoms with Crippen molar-refractivity contribution < 1.29 is 0 Å². The second-order valence-electron chi connectivity index (χ2n) is 3.46. The molecule has 0 amide bonds. The SMILES string of the molecule is NCc1ccc(-c2cccnc2Cl)cc1N. The standard InChI is InChI=1S/C12H12ClN3/c13-12-10(2-1-5-16-12)8-3-4-9(7-14)11(15)6-8/h1-6H,7,14-15H2. The Balaban J connectivity index is 2.50. The normalized spacial score (nSPS) is 10.4. The van der Waals surface area contributed by atoms with E-state index in [9.17, 15) is 0 Å². The smallest absolute Gasteiger partial charge is 0.136 e. The fourth-order valence-corrected chi connectivity index (χ4v) is 1.78. The lowest BCUT2D eigenvalue weighted by molar-refractivity contribution is 1.08. The molecule has 0 atom stereocenters. The van der Waals surface area contributed by atoms with E-state index in [0.29, 0.717) is 17.4 Å². The Morgan fingerprint density at radius 3 is 2.69 bits per heavy atom. The molecule has 1 aromatic carbocycles. The number of rotatable bonds is 2. The summed E-state index contributed by atoms with van der Waals surface area (Å²) in [6.45, 7) is 0.437. The minimum absolute atomic E-state index is 0.437. The Kier molecular flexibility index (Phi) is 3.08. The van der Waals surface area contributed by atoms with Crippen molar-refractivity contribution in [3.8, 4) is 11.1 Å². The first kappa shape index (κ1) is 10.9. The van der Waals surface area contributed by atoms with Crippen LogP contribution in [0.4, 0.5) is 5.69 Å². The number of hydrogen-bond donors (Lipinski definition) is 2. The number of aromatic nitrogens is 1. The van der Waals surface area contributed by atoms with E-state index in [4.69, 9.17) is 23.1 Å². The van der Waals surface area contributed by atoms with E-state index in [0.717, 1.165) is 16.7 Å². The first-order valence-corrected chi connectivity index (χ1v) is 5.29. The summed E-state index contributed by atoms with van der Waals surface area (Å²) in [6, 6.07) is 9.47. The zero-order chi connectivity index (χ0) is 11.5. The molecule has 16 heavy (non-hydrogen) atoms. The topological polar surface area (TPSA) is 64.9 Å². The zero-order valence-electron chi connectivity index (χ0n) is 8.65. The molecule has 4 N–H and O–H groups in total. The fourth-order valence-electron chi connectivity index (χ4n) is 1.55. The molecule has 3 nitrogen and oxygen atoms in total. The predicted molar refractivity (Wildman–Crippen MR) is 67.0 cm³/mol. The summed E-state index contributed by atoms with van der Waals surface area (Å²) >= 11 is 6.01. The maximum atomic E-state index is 6.01. The van der Waals surface area contributed by atoms with Gasteiger partial charge in [-0.25, -0.2) is 4.98 Å². The minimum atomic E-state index is 0.437. The lowest BCUT2D eigenvalue weighted by Crippen LogP contribution is -2.01. The van der Waals surface area contributed by atoms with Crippen LogP contribution < -0.4 is 11.5 Å². The fraction of sp³-hybridized carbons (Fsp3) is 0.0833. The molecule has 0 saturated carbocycles. The summed E-state index contributed by atoms with van der Waals surface area (Å²) in [5, 5.41) is 0.474. The van der Waals surface area contributed by atoms with Crippen LogP contribution in [0, 0.1) is 0 Å². The van der Waals surface area contributed by atoms with Crippen molar-refractivity contribution >= 4 is 17.3 Å². The third-order valence-electron chi connectivity index (χ3n) is 2.44. The van der Waals surface area contributed by atoms with Crippen molar-refractivity contribution in [2.75, 3.05) is 5.73 Å². The largest absolute Gasteiger partial charge is 0.398 e. The quantitative estimate of drug-likeness (QED) is 0.619. The molecule has 4 heteroatoms. The predicted octanol–water partition coefficient (Wildman–Crippen LogP) is 2.44. The molecule has 82 valence electrons. The van der Waals surface area contributed by atoms with Crippen LogP contribution in [-0.2, 0) is 6.54 Å². The van der Waals surface area contributed by atoms with Crippen LogP contribution in [0.5, 0.6) is 0 Å². The van der Waals surface area contributed by atoms with Crippen molar-refractivity contribution in [2.45, 2.75) is 6.54 Å². The number of benzene rings is 1. The number of pyridine rings is 1.